The third kappa shape index (κ3) is 7.57. The van der Waals surface area contributed by atoms with Crippen LogP contribution in [-0.2, 0) is 22.0 Å². The monoisotopic (exact) mass is 574 g/mol. The predicted molar refractivity (Wildman–Crippen MR) is 134 cm³/mol. The van der Waals surface area contributed by atoms with Gasteiger partial charge in [-0.25, -0.2) is 22.0 Å². The summed E-state index contributed by atoms with van der Waals surface area (Å²) in [6.07, 6.45) is 6.22. The molecule has 0 bridgehead atoms. The van der Waals surface area contributed by atoms with Crippen LogP contribution in [0, 0.1) is 46.8 Å². The number of allylic oxidation sites excluding steroid dienone is 1. The van der Waals surface area contributed by atoms with E-state index in [-0.39, 0.29) is 24.0 Å². The van der Waals surface area contributed by atoms with Crippen molar-refractivity contribution in [3.05, 3.63) is 76.6 Å². The van der Waals surface area contributed by atoms with Crippen LogP contribution in [0.3, 0.4) is 0 Å². The van der Waals surface area contributed by atoms with Crippen LogP contribution in [0.5, 0.6) is 5.75 Å². The molecular formula is C30H33F7O3. The molecule has 0 unspecified atom stereocenters. The zero-order chi connectivity index (χ0) is 28.9. The van der Waals surface area contributed by atoms with Gasteiger partial charge in [0.1, 0.15) is 22.9 Å². The molecule has 0 aromatic heterocycles. The molecule has 220 valence electrons. The van der Waals surface area contributed by atoms with Crippen molar-refractivity contribution in [2.24, 2.45) is 17.8 Å². The molecule has 0 N–H and O–H groups in total. The highest BCUT2D eigenvalue weighted by molar-refractivity contribution is 5.31. The van der Waals surface area contributed by atoms with Crippen LogP contribution in [0.2, 0.25) is 0 Å². The third-order valence-electron chi connectivity index (χ3n) is 7.61. The number of alkyl halides is 2. The van der Waals surface area contributed by atoms with Gasteiger partial charge in [0.25, 0.3) is 0 Å². The number of aryl methyl sites for hydroxylation is 1. The molecule has 1 aliphatic heterocycles. The van der Waals surface area contributed by atoms with Crippen LogP contribution in [0.1, 0.15) is 63.0 Å². The van der Waals surface area contributed by atoms with E-state index in [1.165, 1.54) is 0 Å². The first-order chi connectivity index (χ1) is 19.1. The molecule has 0 amide bonds. The lowest BCUT2D eigenvalue weighted by Gasteiger charge is -2.37. The van der Waals surface area contributed by atoms with Gasteiger partial charge in [-0.05, 0) is 69.1 Å². The number of rotatable bonds is 10. The van der Waals surface area contributed by atoms with E-state index in [1.54, 1.807) is 0 Å². The summed E-state index contributed by atoms with van der Waals surface area (Å²) in [6.45, 7) is 3.33. The van der Waals surface area contributed by atoms with Crippen molar-refractivity contribution in [2.45, 2.75) is 70.7 Å². The van der Waals surface area contributed by atoms with Gasteiger partial charge in [0, 0.05) is 24.0 Å². The molecule has 4 rings (SSSR count). The van der Waals surface area contributed by atoms with Crippen molar-refractivity contribution in [3.63, 3.8) is 0 Å². The molecule has 0 radical (unpaired) electrons. The molecule has 2 aliphatic rings. The van der Waals surface area contributed by atoms with Gasteiger partial charge in [-0.2, -0.15) is 8.78 Å². The van der Waals surface area contributed by atoms with Crippen LogP contribution >= 0.6 is 0 Å². The molecule has 2 aromatic carbocycles. The maximum Gasteiger partial charge on any atom is 0.432 e. The molecule has 1 saturated carbocycles. The summed E-state index contributed by atoms with van der Waals surface area (Å²) >= 11 is 0. The van der Waals surface area contributed by atoms with Gasteiger partial charge >= 0.3 is 6.11 Å². The fourth-order valence-electron chi connectivity index (χ4n) is 5.54. The third-order valence-corrected chi connectivity index (χ3v) is 7.61. The first kappa shape index (κ1) is 30.4. The van der Waals surface area contributed by atoms with E-state index in [0.717, 1.165) is 50.7 Å². The highest BCUT2D eigenvalue weighted by Gasteiger charge is 2.41. The van der Waals surface area contributed by atoms with E-state index < -0.39 is 46.5 Å². The van der Waals surface area contributed by atoms with Crippen LogP contribution in [-0.4, -0.2) is 19.5 Å². The highest BCUT2D eigenvalue weighted by atomic mass is 19.3. The highest BCUT2D eigenvalue weighted by Crippen LogP contribution is 2.38. The average Bonchev–Trinajstić information content (AvgIpc) is 2.90. The van der Waals surface area contributed by atoms with E-state index in [4.69, 9.17) is 9.47 Å². The van der Waals surface area contributed by atoms with Gasteiger partial charge < -0.3 is 14.2 Å². The summed E-state index contributed by atoms with van der Waals surface area (Å²) in [7, 11) is 0. The molecule has 40 heavy (non-hydrogen) atoms. The van der Waals surface area contributed by atoms with Crippen molar-refractivity contribution in [2.75, 3.05) is 13.2 Å². The van der Waals surface area contributed by atoms with Gasteiger partial charge in [-0.1, -0.05) is 25.0 Å². The first-order valence-corrected chi connectivity index (χ1v) is 13.6. The number of ether oxygens (including phenoxy) is 3. The zero-order valence-electron chi connectivity index (χ0n) is 22.2. The second-order valence-corrected chi connectivity index (χ2v) is 10.6. The average molecular weight is 575 g/mol. The molecule has 0 atom stereocenters. The normalized spacial score (nSPS) is 24.0. The molecule has 1 aliphatic carbocycles. The van der Waals surface area contributed by atoms with Crippen molar-refractivity contribution >= 4 is 0 Å². The Morgan fingerprint density at radius 3 is 2.02 bits per heavy atom. The molecule has 10 heteroatoms. The number of hydrogen-bond acceptors (Lipinski definition) is 3. The Bertz CT molecular complexity index is 1120. The Labute approximate surface area is 229 Å². The maximum absolute atomic E-state index is 14.6. The predicted octanol–water partition coefficient (Wildman–Crippen LogP) is 8.59. The Morgan fingerprint density at radius 1 is 0.850 bits per heavy atom. The van der Waals surface area contributed by atoms with Crippen molar-refractivity contribution in [1.82, 2.24) is 0 Å². The van der Waals surface area contributed by atoms with E-state index in [0.29, 0.717) is 43.8 Å². The molecular weight excluding hydrogens is 541 g/mol. The summed E-state index contributed by atoms with van der Waals surface area (Å²) in [5, 5.41) is 0. The molecule has 1 saturated heterocycles. The number of benzene rings is 2. The van der Waals surface area contributed by atoms with Crippen LogP contribution in [0.4, 0.5) is 30.7 Å². The summed E-state index contributed by atoms with van der Waals surface area (Å²) in [5.41, 5.74) is -1.48. The van der Waals surface area contributed by atoms with E-state index in [1.807, 2.05) is 13.0 Å². The van der Waals surface area contributed by atoms with E-state index in [9.17, 15) is 30.7 Å². The second kappa shape index (κ2) is 13.4. The van der Waals surface area contributed by atoms with Gasteiger partial charge in [0.2, 0.25) is 0 Å². The molecule has 0 spiro atoms. The molecule has 2 aromatic rings. The SMILES string of the molecule is C/C=C/C1COC(C2CCC(CCCCc3cc(F)c(C(F)(F)Oc4cc(F)c(F)c(F)c4)c(F)c3)CC2)OC1. The summed E-state index contributed by atoms with van der Waals surface area (Å²) < 4.78 is 114. The Balaban J connectivity index is 1.23. The largest absolute Gasteiger partial charge is 0.432 e. The summed E-state index contributed by atoms with van der Waals surface area (Å²) in [6, 6.07) is 1.94. The van der Waals surface area contributed by atoms with Crippen LogP contribution < -0.4 is 4.74 Å². The lowest BCUT2D eigenvalue weighted by atomic mass is 9.79. The number of unbranched alkanes of at least 4 members (excludes halogenated alkanes) is 1. The Hall–Kier alpha value is -2.59. The van der Waals surface area contributed by atoms with Gasteiger partial charge in [0.15, 0.2) is 23.7 Å². The quantitative estimate of drug-likeness (QED) is 0.123. The first-order valence-electron chi connectivity index (χ1n) is 13.6. The summed E-state index contributed by atoms with van der Waals surface area (Å²) in [5.74, 6) is -8.42. The number of hydrogen-bond donors (Lipinski definition) is 0. The van der Waals surface area contributed by atoms with E-state index in [2.05, 4.69) is 10.8 Å². The molecule has 3 nitrogen and oxygen atoms in total. The van der Waals surface area contributed by atoms with Crippen molar-refractivity contribution < 1.29 is 44.9 Å². The Morgan fingerprint density at radius 2 is 1.45 bits per heavy atom. The minimum atomic E-state index is -4.59. The van der Waals surface area contributed by atoms with Gasteiger partial charge in [-0.15, -0.1) is 0 Å². The maximum atomic E-state index is 14.6. The van der Waals surface area contributed by atoms with Crippen LogP contribution in [0.25, 0.3) is 0 Å². The van der Waals surface area contributed by atoms with Crippen LogP contribution in [0.15, 0.2) is 36.4 Å². The lowest BCUT2D eigenvalue weighted by molar-refractivity contribution is -0.223. The minimum Gasteiger partial charge on any atom is -0.429 e. The number of halogens is 7. The summed E-state index contributed by atoms with van der Waals surface area (Å²) in [4.78, 5) is 0. The van der Waals surface area contributed by atoms with Gasteiger partial charge in [-0.3, -0.25) is 0 Å². The standard InChI is InChI=1S/C30H33F7O3/c1-2-5-20-16-38-29(39-17-20)21-10-8-18(9-11-21)6-3-4-7-19-12-23(31)27(24(32)13-19)30(36,37)40-22-14-25(33)28(35)26(34)15-22/h2,5,12-15,18,20-21,29H,3-4,6-11,16-17H2,1H3/b5-2+. The lowest BCUT2D eigenvalue weighted by Crippen LogP contribution is -2.38. The van der Waals surface area contributed by atoms with Crippen molar-refractivity contribution in [3.8, 4) is 5.75 Å². The fourth-order valence-corrected chi connectivity index (χ4v) is 5.54. The molecule has 2 fully saturated rings. The Kier molecular flexibility index (Phi) is 10.2. The smallest absolute Gasteiger partial charge is 0.429 e. The van der Waals surface area contributed by atoms with E-state index >= 15 is 0 Å². The second-order valence-electron chi connectivity index (χ2n) is 10.6. The fraction of sp³-hybridized carbons (Fsp3) is 0.533. The molecule has 1 heterocycles. The zero-order valence-corrected chi connectivity index (χ0v) is 22.2. The van der Waals surface area contributed by atoms with Gasteiger partial charge in [0.05, 0.1) is 13.2 Å². The van der Waals surface area contributed by atoms with Crippen molar-refractivity contribution in [1.29, 1.82) is 0 Å². The minimum absolute atomic E-state index is 0.147. The topological polar surface area (TPSA) is 27.7 Å².